The number of benzene rings is 7. The number of nitrogens with zero attached hydrogens (tertiary/aromatic N) is 1. The second-order valence-corrected chi connectivity index (χ2v) is 13.8. The molecule has 0 radical (unpaired) electrons. The molecule has 0 unspecified atom stereocenters. The molecular weight excluding hydrogens is 555 g/mol. The summed E-state index contributed by atoms with van der Waals surface area (Å²) in [7, 11) is 2.23. The van der Waals surface area contributed by atoms with Gasteiger partial charge in [0.1, 0.15) is 0 Å². The molecule has 0 saturated carbocycles. The normalized spacial score (nSPS) is 14.5. The number of anilines is 2. The van der Waals surface area contributed by atoms with Gasteiger partial charge < -0.3 is 4.90 Å². The average molecular weight is 592 g/mol. The Labute approximate surface area is 271 Å². The average Bonchev–Trinajstić information content (AvgIpc) is 3.22. The zero-order valence-electron chi connectivity index (χ0n) is 27.0. The van der Waals surface area contributed by atoms with Gasteiger partial charge in [0.15, 0.2) is 0 Å². The fourth-order valence-corrected chi connectivity index (χ4v) is 8.55. The van der Waals surface area contributed by atoms with Crippen molar-refractivity contribution in [3.8, 4) is 33.4 Å². The van der Waals surface area contributed by atoms with Crippen LogP contribution in [0.15, 0.2) is 127 Å². The van der Waals surface area contributed by atoms with Crippen LogP contribution in [0, 0.1) is 6.92 Å². The van der Waals surface area contributed by atoms with Crippen molar-refractivity contribution in [3.05, 3.63) is 155 Å². The van der Waals surface area contributed by atoms with Crippen molar-refractivity contribution < 1.29 is 0 Å². The van der Waals surface area contributed by atoms with Gasteiger partial charge in [0, 0.05) is 23.8 Å². The standard InChI is InChI=1S/C45H37N/c1-28-20-25-34-37(26-28)43(36-16-11-18-39-44(36)35-15-8-9-17-38(35)45(39,2)3)33-14-7-6-13-32(33)42(34)31-24-23-30-22-21-29-12-5-10-19-40(29)46(4)41(30)27-31/h5-20,23-27H,21-22H2,1-4H3. The van der Waals surface area contributed by atoms with Gasteiger partial charge in [-0.1, -0.05) is 135 Å². The van der Waals surface area contributed by atoms with Crippen molar-refractivity contribution in [3.63, 3.8) is 0 Å². The van der Waals surface area contributed by atoms with Crippen LogP contribution in [0.1, 0.15) is 41.7 Å². The summed E-state index contributed by atoms with van der Waals surface area (Å²) >= 11 is 0. The van der Waals surface area contributed by atoms with Crippen molar-refractivity contribution in [1.29, 1.82) is 0 Å². The first-order valence-corrected chi connectivity index (χ1v) is 16.6. The van der Waals surface area contributed by atoms with E-state index in [2.05, 4.69) is 160 Å². The predicted molar refractivity (Wildman–Crippen MR) is 197 cm³/mol. The lowest BCUT2D eigenvalue weighted by atomic mass is 9.80. The molecule has 0 atom stereocenters. The molecule has 0 N–H and O–H groups in total. The molecule has 222 valence electrons. The second kappa shape index (κ2) is 9.93. The molecule has 46 heavy (non-hydrogen) atoms. The van der Waals surface area contributed by atoms with Crippen molar-refractivity contribution in [1.82, 2.24) is 0 Å². The van der Waals surface area contributed by atoms with Crippen LogP contribution >= 0.6 is 0 Å². The molecule has 0 aromatic heterocycles. The molecule has 0 spiro atoms. The first-order valence-electron chi connectivity index (χ1n) is 16.6. The maximum absolute atomic E-state index is 2.44. The van der Waals surface area contributed by atoms with Gasteiger partial charge in [0.25, 0.3) is 0 Å². The molecule has 0 saturated heterocycles. The maximum Gasteiger partial charge on any atom is 0.0447 e. The van der Waals surface area contributed by atoms with Gasteiger partial charge in [-0.25, -0.2) is 0 Å². The third kappa shape index (κ3) is 3.81. The van der Waals surface area contributed by atoms with Gasteiger partial charge in [0.2, 0.25) is 0 Å². The number of aryl methyl sites for hydroxylation is 3. The van der Waals surface area contributed by atoms with Crippen LogP contribution in [-0.2, 0) is 18.3 Å². The van der Waals surface area contributed by atoms with Crippen molar-refractivity contribution >= 4 is 32.9 Å². The van der Waals surface area contributed by atoms with Crippen molar-refractivity contribution in [2.24, 2.45) is 0 Å². The molecule has 2 aliphatic rings. The third-order valence-electron chi connectivity index (χ3n) is 10.8. The largest absolute Gasteiger partial charge is 0.344 e. The Kier molecular flexibility index (Phi) is 5.87. The summed E-state index contributed by atoms with van der Waals surface area (Å²) in [6, 6.07) is 48.2. The second-order valence-electron chi connectivity index (χ2n) is 13.8. The SMILES string of the molecule is Cc1ccc2c(-c3ccc4c(c3)N(C)c3ccccc3CC4)c3ccccc3c(-c3cccc4c3-c3ccccc3C4(C)C)c2c1. The minimum atomic E-state index is -0.0457. The first-order chi connectivity index (χ1) is 22.4. The van der Waals surface area contributed by atoms with Crippen molar-refractivity contribution in [2.75, 3.05) is 11.9 Å². The topological polar surface area (TPSA) is 3.24 Å². The molecule has 7 aromatic rings. The lowest BCUT2D eigenvalue weighted by Gasteiger charge is -2.24. The van der Waals surface area contributed by atoms with Crippen LogP contribution in [0.4, 0.5) is 11.4 Å². The highest BCUT2D eigenvalue weighted by Gasteiger charge is 2.37. The van der Waals surface area contributed by atoms with E-state index in [-0.39, 0.29) is 5.41 Å². The molecule has 1 aliphatic heterocycles. The molecule has 1 nitrogen and oxygen atoms in total. The molecule has 0 amide bonds. The minimum absolute atomic E-state index is 0.0457. The highest BCUT2D eigenvalue weighted by Crippen LogP contribution is 2.54. The van der Waals surface area contributed by atoms with Crippen LogP contribution in [0.2, 0.25) is 0 Å². The molecule has 1 heteroatoms. The van der Waals surface area contributed by atoms with E-state index >= 15 is 0 Å². The number of para-hydroxylation sites is 1. The van der Waals surface area contributed by atoms with Crippen LogP contribution < -0.4 is 4.90 Å². The zero-order valence-corrected chi connectivity index (χ0v) is 27.0. The van der Waals surface area contributed by atoms with Crippen LogP contribution in [-0.4, -0.2) is 7.05 Å². The van der Waals surface area contributed by atoms with Crippen LogP contribution in [0.25, 0.3) is 54.9 Å². The Hall–Kier alpha value is -5.14. The molecule has 0 fully saturated rings. The third-order valence-corrected chi connectivity index (χ3v) is 10.8. The van der Waals surface area contributed by atoms with E-state index in [1.54, 1.807) is 0 Å². The van der Waals surface area contributed by atoms with E-state index < -0.39 is 0 Å². The van der Waals surface area contributed by atoms with Gasteiger partial charge >= 0.3 is 0 Å². The van der Waals surface area contributed by atoms with E-state index in [0.29, 0.717) is 0 Å². The van der Waals surface area contributed by atoms with Crippen LogP contribution in [0.5, 0.6) is 0 Å². The summed E-state index contributed by atoms with van der Waals surface area (Å²) in [5.74, 6) is 0. The van der Waals surface area contributed by atoms with E-state index in [4.69, 9.17) is 0 Å². The van der Waals surface area contributed by atoms with Gasteiger partial charge in [-0.15, -0.1) is 0 Å². The van der Waals surface area contributed by atoms with E-state index in [1.165, 1.54) is 94.1 Å². The maximum atomic E-state index is 2.44. The number of fused-ring (bicyclic) bond motifs is 7. The Morgan fingerprint density at radius 1 is 0.500 bits per heavy atom. The lowest BCUT2D eigenvalue weighted by molar-refractivity contribution is 0.660. The number of hydrogen-bond donors (Lipinski definition) is 0. The smallest absolute Gasteiger partial charge is 0.0447 e. The van der Waals surface area contributed by atoms with E-state index in [0.717, 1.165) is 12.8 Å². The Morgan fingerprint density at radius 3 is 2.00 bits per heavy atom. The van der Waals surface area contributed by atoms with Crippen molar-refractivity contribution in [2.45, 2.75) is 39.0 Å². The zero-order chi connectivity index (χ0) is 31.2. The predicted octanol–water partition coefficient (Wildman–Crippen LogP) is 11.8. The Bertz CT molecular complexity index is 2370. The van der Waals surface area contributed by atoms with E-state index in [1.807, 2.05) is 0 Å². The fourth-order valence-electron chi connectivity index (χ4n) is 8.55. The first kappa shape index (κ1) is 27.2. The quantitative estimate of drug-likeness (QED) is 0.181. The van der Waals surface area contributed by atoms with Gasteiger partial charge in [-0.3, -0.25) is 0 Å². The van der Waals surface area contributed by atoms with Gasteiger partial charge in [-0.2, -0.15) is 0 Å². The number of hydrogen-bond acceptors (Lipinski definition) is 1. The molecule has 9 rings (SSSR count). The highest BCUT2D eigenvalue weighted by atomic mass is 15.1. The molecule has 1 heterocycles. The van der Waals surface area contributed by atoms with Crippen LogP contribution in [0.3, 0.4) is 0 Å². The molecule has 0 bridgehead atoms. The number of rotatable bonds is 2. The summed E-state index contributed by atoms with van der Waals surface area (Å²) in [5.41, 5.74) is 17.5. The summed E-state index contributed by atoms with van der Waals surface area (Å²) in [5, 5.41) is 5.23. The Morgan fingerprint density at radius 2 is 1.15 bits per heavy atom. The summed E-state index contributed by atoms with van der Waals surface area (Å²) in [6.07, 6.45) is 2.11. The molecule has 7 aromatic carbocycles. The van der Waals surface area contributed by atoms with Gasteiger partial charge in [0.05, 0.1) is 0 Å². The summed E-state index contributed by atoms with van der Waals surface area (Å²) in [4.78, 5) is 2.40. The van der Waals surface area contributed by atoms with Gasteiger partial charge in [-0.05, 0) is 109 Å². The molecular formula is C45H37N. The minimum Gasteiger partial charge on any atom is -0.344 e. The summed E-state index contributed by atoms with van der Waals surface area (Å²) < 4.78 is 0. The Balaban J connectivity index is 1.36. The fraction of sp³-hybridized carbons (Fsp3) is 0.156. The monoisotopic (exact) mass is 591 g/mol. The highest BCUT2D eigenvalue weighted by molar-refractivity contribution is 6.23. The lowest BCUT2D eigenvalue weighted by Crippen LogP contribution is -2.14. The molecule has 1 aliphatic carbocycles. The summed E-state index contributed by atoms with van der Waals surface area (Å²) in [6.45, 7) is 6.97. The van der Waals surface area contributed by atoms with E-state index in [9.17, 15) is 0 Å².